The first-order valence-electron chi connectivity index (χ1n) is 7.97. The average Bonchev–Trinajstić information content (AvgIpc) is 2.55. The van der Waals surface area contributed by atoms with E-state index in [1.54, 1.807) is 13.1 Å². The Labute approximate surface area is 139 Å². The van der Waals surface area contributed by atoms with Gasteiger partial charge < -0.3 is 15.0 Å². The van der Waals surface area contributed by atoms with Crippen LogP contribution in [0, 0.1) is 5.92 Å². The molecule has 0 saturated carbocycles. The van der Waals surface area contributed by atoms with Crippen LogP contribution in [0.3, 0.4) is 0 Å². The standard InChI is InChI=1S/C16H23F3N4O/c1-12-4-7-23(8-5-12)15(20-2)22-10-13-3-6-21-14(9-13)24-11-16(17,18)19/h3,6,9,12H,4-5,7-8,10-11H2,1-2H3,(H,20,22). The van der Waals surface area contributed by atoms with Gasteiger partial charge >= 0.3 is 6.18 Å². The molecular weight excluding hydrogens is 321 g/mol. The average molecular weight is 344 g/mol. The lowest BCUT2D eigenvalue weighted by Gasteiger charge is -2.32. The van der Waals surface area contributed by atoms with Crippen molar-refractivity contribution in [1.82, 2.24) is 15.2 Å². The highest BCUT2D eigenvalue weighted by molar-refractivity contribution is 5.79. The summed E-state index contributed by atoms with van der Waals surface area (Å²) in [6.07, 6.45) is -0.672. The largest absolute Gasteiger partial charge is 0.468 e. The minimum atomic E-state index is -4.37. The molecule has 2 rings (SSSR count). The van der Waals surface area contributed by atoms with Crippen LogP contribution in [0.25, 0.3) is 0 Å². The number of hydrogen-bond donors (Lipinski definition) is 1. The van der Waals surface area contributed by atoms with Gasteiger partial charge in [-0.2, -0.15) is 13.2 Å². The van der Waals surface area contributed by atoms with Crippen LogP contribution in [0.5, 0.6) is 5.88 Å². The van der Waals surface area contributed by atoms with E-state index in [4.69, 9.17) is 0 Å². The SMILES string of the molecule is CN=C(NCc1ccnc(OCC(F)(F)F)c1)N1CCC(C)CC1. The highest BCUT2D eigenvalue weighted by Gasteiger charge is 2.28. The zero-order valence-electron chi connectivity index (χ0n) is 13.9. The number of aromatic nitrogens is 1. The predicted octanol–water partition coefficient (Wildman–Crippen LogP) is 2.83. The summed E-state index contributed by atoms with van der Waals surface area (Å²) >= 11 is 0. The fourth-order valence-corrected chi connectivity index (χ4v) is 2.53. The van der Waals surface area contributed by atoms with Crippen LogP contribution in [0.4, 0.5) is 13.2 Å². The number of ether oxygens (including phenoxy) is 1. The van der Waals surface area contributed by atoms with E-state index in [1.807, 2.05) is 0 Å². The molecule has 0 atom stereocenters. The van der Waals surface area contributed by atoms with Gasteiger partial charge in [0, 0.05) is 38.9 Å². The normalized spacial score (nSPS) is 17.0. The number of pyridine rings is 1. The summed E-state index contributed by atoms with van der Waals surface area (Å²) in [6.45, 7) is 3.26. The van der Waals surface area contributed by atoms with Gasteiger partial charge in [0.15, 0.2) is 12.6 Å². The zero-order chi connectivity index (χ0) is 17.6. The smallest absolute Gasteiger partial charge is 0.422 e. The van der Waals surface area contributed by atoms with Crippen molar-refractivity contribution in [1.29, 1.82) is 0 Å². The highest BCUT2D eigenvalue weighted by atomic mass is 19.4. The third-order valence-corrected chi connectivity index (χ3v) is 3.93. The second-order valence-electron chi connectivity index (χ2n) is 5.98. The number of guanidine groups is 1. The molecular formula is C16H23F3N4O. The number of likely N-dealkylation sites (tertiary alicyclic amines) is 1. The second kappa shape index (κ2) is 8.21. The van der Waals surface area contributed by atoms with Crippen molar-refractivity contribution in [3.8, 4) is 5.88 Å². The maximum Gasteiger partial charge on any atom is 0.422 e. The Morgan fingerprint density at radius 2 is 2.12 bits per heavy atom. The maximum atomic E-state index is 12.2. The highest BCUT2D eigenvalue weighted by Crippen LogP contribution is 2.18. The molecule has 1 aromatic rings. The first kappa shape index (κ1) is 18.4. The molecule has 0 aliphatic carbocycles. The summed E-state index contributed by atoms with van der Waals surface area (Å²) in [4.78, 5) is 10.3. The Bertz CT molecular complexity index is 554. The predicted molar refractivity (Wildman–Crippen MR) is 86.0 cm³/mol. The van der Waals surface area contributed by atoms with Crippen molar-refractivity contribution in [2.45, 2.75) is 32.5 Å². The third-order valence-electron chi connectivity index (χ3n) is 3.93. The molecule has 1 saturated heterocycles. The fraction of sp³-hybridized carbons (Fsp3) is 0.625. The van der Waals surface area contributed by atoms with Crippen LogP contribution < -0.4 is 10.1 Å². The minimum Gasteiger partial charge on any atom is -0.468 e. The molecule has 1 N–H and O–H groups in total. The third kappa shape index (κ3) is 5.90. The zero-order valence-corrected chi connectivity index (χ0v) is 13.9. The van der Waals surface area contributed by atoms with E-state index in [1.165, 1.54) is 12.3 Å². The lowest BCUT2D eigenvalue weighted by molar-refractivity contribution is -0.154. The Hall–Kier alpha value is -1.99. The molecule has 1 aromatic heterocycles. The van der Waals surface area contributed by atoms with E-state index < -0.39 is 12.8 Å². The molecule has 5 nitrogen and oxygen atoms in total. The summed E-state index contributed by atoms with van der Waals surface area (Å²) in [5.74, 6) is 1.50. The Morgan fingerprint density at radius 1 is 1.42 bits per heavy atom. The van der Waals surface area contributed by atoms with Gasteiger partial charge in [-0.25, -0.2) is 4.98 Å². The molecule has 0 spiro atoms. The maximum absolute atomic E-state index is 12.2. The quantitative estimate of drug-likeness (QED) is 0.674. The molecule has 0 amide bonds. The van der Waals surface area contributed by atoms with Crippen LogP contribution in [0.2, 0.25) is 0 Å². The molecule has 1 aliphatic heterocycles. The topological polar surface area (TPSA) is 49.8 Å². The van der Waals surface area contributed by atoms with Gasteiger partial charge in [0.25, 0.3) is 0 Å². The van der Waals surface area contributed by atoms with Gasteiger partial charge in [0.05, 0.1) is 0 Å². The summed E-state index contributed by atoms with van der Waals surface area (Å²) in [5.41, 5.74) is 0.786. The van der Waals surface area contributed by atoms with Crippen LogP contribution in [0.1, 0.15) is 25.3 Å². The lowest BCUT2D eigenvalue weighted by atomic mass is 10.00. The van der Waals surface area contributed by atoms with E-state index in [9.17, 15) is 13.2 Å². The van der Waals surface area contributed by atoms with Crippen LogP contribution in [0.15, 0.2) is 23.3 Å². The molecule has 0 aromatic carbocycles. The minimum absolute atomic E-state index is 0.0339. The molecule has 1 fully saturated rings. The van der Waals surface area contributed by atoms with Crippen molar-refractivity contribution in [3.05, 3.63) is 23.9 Å². The van der Waals surface area contributed by atoms with Gasteiger partial charge in [0.2, 0.25) is 5.88 Å². The van der Waals surface area contributed by atoms with Crippen molar-refractivity contribution in [2.24, 2.45) is 10.9 Å². The second-order valence-corrected chi connectivity index (χ2v) is 5.98. The monoisotopic (exact) mass is 344 g/mol. The first-order valence-corrected chi connectivity index (χ1v) is 7.97. The first-order chi connectivity index (χ1) is 11.4. The molecule has 24 heavy (non-hydrogen) atoms. The number of piperidine rings is 1. The number of rotatable bonds is 4. The van der Waals surface area contributed by atoms with Gasteiger partial charge in [-0.1, -0.05) is 6.92 Å². The number of nitrogens with one attached hydrogen (secondary N) is 1. The van der Waals surface area contributed by atoms with Gasteiger partial charge in [0.1, 0.15) is 0 Å². The molecule has 0 bridgehead atoms. The van der Waals surface area contributed by atoms with Crippen molar-refractivity contribution >= 4 is 5.96 Å². The van der Waals surface area contributed by atoms with E-state index in [0.717, 1.165) is 43.4 Å². The molecule has 0 radical (unpaired) electrons. The van der Waals surface area contributed by atoms with Crippen molar-refractivity contribution in [3.63, 3.8) is 0 Å². The van der Waals surface area contributed by atoms with Gasteiger partial charge in [-0.05, 0) is 30.4 Å². The van der Waals surface area contributed by atoms with Gasteiger partial charge in [-0.3, -0.25) is 4.99 Å². The Balaban J connectivity index is 1.88. The molecule has 2 heterocycles. The van der Waals surface area contributed by atoms with E-state index in [2.05, 4.69) is 31.9 Å². The summed E-state index contributed by atoms with van der Waals surface area (Å²) in [6, 6.07) is 3.24. The number of alkyl halides is 3. The fourth-order valence-electron chi connectivity index (χ4n) is 2.53. The summed E-state index contributed by atoms with van der Waals surface area (Å²) in [5, 5.41) is 3.24. The van der Waals surface area contributed by atoms with Crippen LogP contribution in [-0.2, 0) is 6.54 Å². The Kier molecular flexibility index (Phi) is 6.28. The number of nitrogens with zero attached hydrogens (tertiary/aromatic N) is 3. The summed E-state index contributed by atoms with van der Waals surface area (Å²) in [7, 11) is 1.73. The lowest BCUT2D eigenvalue weighted by Crippen LogP contribution is -2.45. The molecule has 0 unspecified atom stereocenters. The van der Waals surface area contributed by atoms with Crippen LogP contribution >= 0.6 is 0 Å². The number of hydrogen-bond acceptors (Lipinski definition) is 3. The van der Waals surface area contributed by atoms with E-state index >= 15 is 0 Å². The van der Waals surface area contributed by atoms with Crippen molar-refractivity contribution in [2.75, 3.05) is 26.7 Å². The molecule has 8 heteroatoms. The Morgan fingerprint density at radius 3 is 2.75 bits per heavy atom. The molecule has 134 valence electrons. The van der Waals surface area contributed by atoms with Gasteiger partial charge in [-0.15, -0.1) is 0 Å². The summed E-state index contributed by atoms with van der Waals surface area (Å²) < 4.78 is 41.2. The number of aliphatic imine (C=N–C) groups is 1. The molecule has 1 aliphatic rings. The number of halogens is 3. The van der Waals surface area contributed by atoms with Crippen molar-refractivity contribution < 1.29 is 17.9 Å². The van der Waals surface area contributed by atoms with Crippen LogP contribution in [-0.4, -0.2) is 48.8 Å². The van der Waals surface area contributed by atoms with E-state index in [-0.39, 0.29) is 5.88 Å². The van der Waals surface area contributed by atoms with E-state index in [0.29, 0.717) is 6.54 Å².